The number of hydrogen-bond acceptors (Lipinski definition) is 2. The number of nitrogens with one attached hydrogen (secondary N) is 1. The first-order valence-electron chi connectivity index (χ1n) is 5.54. The quantitative estimate of drug-likeness (QED) is 0.659. The maximum Gasteiger partial charge on any atom is 0.246 e. The summed E-state index contributed by atoms with van der Waals surface area (Å²) in [6.45, 7) is 4.02. The summed E-state index contributed by atoms with van der Waals surface area (Å²) in [5.74, 6) is 0.774. The van der Waals surface area contributed by atoms with Gasteiger partial charge in [-0.15, -0.1) is 0 Å². The summed E-state index contributed by atoms with van der Waals surface area (Å²) in [6, 6.07) is 0. The summed E-state index contributed by atoms with van der Waals surface area (Å²) in [4.78, 5) is 13.6. The maximum absolute atomic E-state index is 11.6. The van der Waals surface area contributed by atoms with Gasteiger partial charge in [-0.1, -0.05) is 6.08 Å². The number of carbonyl (C=O) groups is 1. The highest BCUT2D eigenvalue weighted by molar-refractivity contribution is 5.87. The van der Waals surface area contributed by atoms with Gasteiger partial charge in [0.25, 0.3) is 0 Å². The number of amides is 1. The second kappa shape index (κ2) is 4.60. The zero-order valence-electron chi connectivity index (χ0n) is 8.54. The van der Waals surface area contributed by atoms with Gasteiger partial charge in [0.15, 0.2) is 0 Å². The Kier molecular flexibility index (Phi) is 3.19. The summed E-state index contributed by atoms with van der Waals surface area (Å²) < 4.78 is 0. The van der Waals surface area contributed by atoms with Gasteiger partial charge in [0.2, 0.25) is 5.91 Å². The maximum atomic E-state index is 11.6. The third-order valence-electron chi connectivity index (χ3n) is 3.03. The molecule has 3 nitrogen and oxygen atoms in total. The summed E-state index contributed by atoms with van der Waals surface area (Å²) in [5.41, 5.74) is 0. The van der Waals surface area contributed by atoms with E-state index in [4.69, 9.17) is 0 Å². The van der Waals surface area contributed by atoms with Gasteiger partial charge in [-0.2, -0.15) is 0 Å². The molecule has 0 radical (unpaired) electrons. The third-order valence-corrected chi connectivity index (χ3v) is 3.03. The lowest BCUT2D eigenvalue weighted by atomic mass is 10.1. The molecule has 78 valence electrons. The fourth-order valence-electron chi connectivity index (χ4n) is 2.10. The lowest BCUT2D eigenvalue weighted by Crippen LogP contribution is -2.25. The summed E-state index contributed by atoms with van der Waals surface area (Å²) in [5, 5.41) is 3.29. The molecule has 2 rings (SSSR count). The summed E-state index contributed by atoms with van der Waals surface area (Å²) in [7, 11) is 0. The molecule has 0 spiro atoms. The molecular formula is C11H18N2O. The van der Waals surface area contributed by atoms with E-state index >= 15 is 0 Å². The molecule has 2 aliphatic heterocycles. The van der Waals surface area contributed by atoms with Crippen molar-refractivity contribution in [2.75, 3.05) is 26.2 Å². The van der Waals surface area contributed by atoms with Crippen molar-refractivity contribution in [1.82, 2.24) is 10.2 Å². The minimum Gasteiger partial charge on any atom is -0.339 e. The lowest BCUT2D eigenvalue weighted by Gasteiger charge is -2.12. The average molecular weight is 194 g/mol. The molecule has 1 N–H and O–H groups in total. The van der Waals surface area contributed by atoms with Crippen LogP contribution < -0.4 is 5.32 Å². The van der Waals surface area contributed by atoms with Crippen molar-refractivity contribution >= 4 is 5.91 Å². The first kappa shape index (κ1) is 9.71. The molecule has 0 aromatic rings. The van der Waals surface area contributed by atoms with Crippen LogP contribution in [0.5, 0.6) is 0 Å². The minimum atomic E-state index is 0.203. The highest BCUT2D eigenvalue weighted by Crippen LogP contribution is 2.11. The minimum absolute atomic E-state index is 0.203. The predicted molar refractivity (Wildman–Crippen MR) is 55.9 cm³/mol. The van der Waals surface area contributed by atoms with Gasteiger partial charge in [-0.05, 0) is 37.8 Å². The van der Waals surface area contributed by atoms with Crippen molar-refractivity contribution in [2.24, 2.45) is 5.92 Å². The molecule has 2 heterocycles. The van der Waals surface area contributed by atoms with E-state index in [9.17, 15) is 4.79 Å². The molecule has 14 heavy (non-hydrogen) atoms. The van der Waals surface area contributed by atoms with Gasteiger partial charge in [-0.25, -0.2) is 0 Å². The Morgan fingerprint density at radius 1 is 1.36 bits per heavy atom. The summed E-state index contributed by atoms with van der Waals surface area (Å²) in [6.07, 6.45) is 7.35. The standard InChI is InChI=1S/C11H18N2O/c14-11(13-7-1-2-8-13)4-3-10-5-6-12-9-10/h3-4,10,12H,1-2,5-9H2/b4-3+. The van der Waals surface area contributed by atoms with Gasteiger partial charge < -0.3 is 10.2 Å². The van der Waals surface area contributed by atoms with Gasteiger partial charge in [0, 0.05) is 19.6 Å². The van der Waals surface area contributed by atoms with Crippen LogP contribution in [0.1, 0.15) is 19.3 Å². The van der Waals surface area contributed by atoms with E-state index in [0.29, 0.717) is 5.92 Å². The van der Waals surface area contributed by atoms with Crippen LogP contribution in [0.3, 0.4) is 0 Å². The zero-order valence-corrected chi connectivity index (χ0v) is 8.54. The van der Waals surface area contributed by atoms with E-state index in [1.807, 2.05) is 4.90 Å². The van der Waals surface area contributed by atoms with Crippen LogP contribution in [-0.2, 0) is 4.79 Å². The lowest BCUT2D eigenvalue weighted by molar-refractivity contribution is -0.125. The topological polar surface area (TPSA) is 32.3 Å². The largest absolute Gasteiger partial charge is 0.339 e. The van der Waals surface area contributed by atoms with Gasteiger partial charge in [0.05, 0.1) is 0 Å². The van der Waals surface area contributed by atoms with E-state index in [-0.39, 0.29) is 5.91 Å². The highest BCUT2D eigenvalue weighted by Gasteiger charge is 2.16. The molecule has 2 fully saturated rings. The first-order chi connectivity index (χ1) is 6.86. The smallest absolute Gasteiger partial charge is 0.246 e. The van der Waals surface area contributed by atoms with Crippen molar-refractivity contribution < 1.29 is 4.79 Å². The zero-order chi connectivity index (χ0) is 9.80. The molecule has 2 aliphatic rings. The third kappa shape index (κ3) is 2.35. The number of carbonyl (C=O) groups excluding carboxylic acids is 1. The van der Waals surface area contributed by atoms with Crippen molar-refractivity contribution in [3.05, 3.63) is 12.2 Å². The van der Waals surface area contributed by atoms with Crippen LogP contribution in [0.2, 0.25) is 0 Å². The van der Waals surface area contributed by atoms with Gasteiger partial charge in [0.1, 0.15) is 0 Å². The van der Waals surface area contributed by atoms with Crippen LogP contribution in [0.15, 0.2) is 12.2 Å². The molecular weight excluding hydrogens is 176 g/mol. The van der Waals surface area contributed by atoms with E-state index in [2.05, 4.69) is 11.4 Å². The Bertz CT molecular complexity index is 225. The van der Waals surface area contributed by atoms with E-state index in [1.54, 1.807) is 6.08 Å². The van der Waals surface area contributed by atoms with Gasteiger partial charge in [-0.3, -0.25) is 4.79 Å². The van der Waals surface area contributed by atoms with Crippen LogP contribution in [0, 0.1) is 5.92 Å². The fourth-order valence-corrected chi connectivity index (χ4v) is 2.10. The molecule has 1 atom stereocenters. The number of nitrogens with zero attached hydrogens (tertiary/aromatic N) is 1. The predicted octanol–water partition coefficient (Wildman–Crippen LogP) is 0.774. The first-order valence-corrected chi connectivity index (χ1v) is 5.54. The molecule has 0 saturated carbocycles. The monoisotopic (exact) mass is 194 g/mol. The van der Waals surface area contributed by atoms with Crippen molar-refractivity contribution in [1.29, 1.82) is 0 Å². The van der Waals surface area contributed by atoms with Crippen LogP contribution in [-0.4, -0.2) is 37.0 Å². The molecule has 1 unspecified atom stereocenters. The summed E-state index contributed by atoms with van der Waals surface area (Å²) >= 11 is 0. The van der Waals surface area contributed by atoms with Crippen molar-refractivity contribution in [3.8, 4) is 0 Å². The Morgan fingerprint density at radius 3 is 2.79 bits per heavy atom. The number of rotatable bonds is 2. The Hall–Kier alpha value is -0.830. The van der Waals surface area contributed by atoms with Gasteiger partial charge >= 0.3 is 0 Å². The van der Waals surface area contributed by atoms with Crippen molar-refractivity contribution in [2.45, 2.75) is 19.3 Å². The molecule has 0 bridgehead atoms. The fraction of sp³-hybridized carbons (Fsp3) is 0.727. The molecule has 0 aliphatic carbocycles. The van der Waals surface area contributed by atoms with Crippen LogP contribution in [0.25, 0.3) is 0 Å². The van der Waals surface area contributed by atoms with Crippen molar-refractivity contribution in [3.63, 3.8) is 0 Å². The second-order valence-corrected chi connectivity index (χ2v) is 4.14. The second-order valence-electron chi connectivity index (χ2n) is 4.14. The SMILES string of the molecule is O=C(/C=C/C1CCNC1)N1CCCC1. The van der Waals surface area contributed by atoms with Crippen LogP contribution >= 0.6 is 0 Å². The molecule has 1 amide bonds. The molecule has 2 saturated heterocycles. The molecule has 0 aromatic carbocycles. The average Bonchev–Trinajstić information content (AvgIpc) is 2.87. The number of likely N-dealkylation sites (tertiary alicyclic amines) is 1. The Morgan fingerprint density at radius 2 is 2.14 bits per heavy atom. The van der Waals surface area contributed by atoms with E-state index in [1.165, 1.54) is 19.3 Å². The number of hydrogen-bond donors (Lipinski definition) is 1. The Balaban J connectivity index is 1.80. The normalized spacial score (nSPS) is 27.7. The van der Waals surface area contributed by atoms with E-state index < -0.39 is 0 Å². The Labute approximate surface area is 85.2 Å². The molecule has 3 heteroatoms. The molecule has 0 aromatic heterocycles. The van der Waals surface area contributed by atoms with Crippen LogP contribution in [0.4, 0.5) is 0 Å². The van der Waals surface area contributed by atoms with E-state index in [0.717, 1.165) is 26.2 Å². The highest BCUT2D eigenvalue weighted by atomic mass is 16.2.